The van der Waals surface area contributed by atoms with E-state index in [2.05, 4.69) is 27.7 Å². The van der Waals surface area contributed by atoms with Crippen LogP contribution in [0.15, 0.2) is 0 Å². The topological polar surface area (TPSA) is 0 Å². The zero-order valence-electron chi connectivity index (χ0n) is 15.1. The molecule has 2 rings (SSSR count). The van der Waals surface area contributed by atoms with Gasteiger partial charge < -0.3 is 0 Å². The molecule has 0 saturated heterocycles. The van der Waals surface area contributed by atoms with Gasteiger partial charge in [-0.2, -0.15) is 0 Å². The lowest BCUT2D eigenvalue weighted by Crippen LogP contribution is -2.37. The summed E-state index contributed by atoms with van der Waals surface area (Å²) in [6.45, 7) is 17.9. The first-order valence-electron chi connectivity index (χ1n) is 9.06. The standard InChI is InChI=1S/C15H28.2C2H6/c1-11(2)14-6-5-13(4)15(14)9-7-12(3)8-10-15;2*1-2/h11-14H,5-10H2,1-4H3;2*1-2H3. The van der Waals surface area contributed by atoms with E-state index in [0.29, 0.717) is 0 Å². The SMILES string of the molecule is CC.CC.CC1CCC2(CC1)C(C)CCC2C(C)C. The molecule has 0 aromatic rings. The first kappa shape index (κ1) is 19.0. The minimum Gasteiger partial charge on any atom is -0.0683 e. The lowest BCUT2D eigenvalue weighted by Gasteiger charge is -2.46. The minimum absolute atomic E-state index is 0.751. The smallest absolute Gasteiger partial charge is 0.0241 e. The van der Waals surface area contributed by atoms with Crippen molar-refractivity contribution in [2.24, 2.45) is 29.1 Å². The summed E-state index contributed by atoms with van der Waals surface area (Å²) in [5.41, 5.74) is 0.751. The highest BCUT2D eigenvalue weighted by Gasteiger charge is 2.49. The summed E-state index contributed by atoms with van der Waals surface area (Å²) in [5, 5.41) is 0. The Morgan fingerprint density at radius 3 is 1.68 bits per heavy atom. The largest absolute Gasteiger partial charge is 0.0683 e. The van der Waals surface area contributed by atoms with Crippen molar-refractivity contribution in [2.75, 3.05) is 0 Å². The molecule has 0 aromatic heterocycles. The minimum atomic E-state index is 0.751. The van der Waals surface area contributed by atoms with Gasteiger partial charge in [-0.1, -0.05) is 68.2 Å². The van der Waals surface area contributed by atoms with Crippen molar-refractivity contribution in [1.82, 2.24) is 0 Å². The number of rotatable bonds is 1. The fourth-order valence-corrected chi connectivity index (χ4v) is 4.53. The van der Waals surface area contributed by atoms with Crippen molar-refractivity contribution >= 4 is 0 Å². The quantitative estimate of drug-likeness (QED) is 0.483. The van der Waals surface area contributed by atoms with Crippen LogP contribution < -0.4 is 0 Å². The third kappa shape index (κ3) is 4.23. The van der Waals surface area contributed by atoms with Gasteiger partial charge in [0.2, 0.25) is 0 Å². The van der Waals surface area contributed by atoms with E-state index in [-0.39, 0.29) is 0 Å². The van der Waals surface area contributed by atoms with Gasteiger partial charge in [0.15, 0.2) is 0 Å². The molecule has 0 amide bonds. The van der Waals surface area contributed by atoms with E-state index in [1.807, 2.05) is 27.7 Å². The van der Waals surface area contributed by atoms with Crippen LogP contribution in [-0.4, -0.2) is 0 Å². The highest BCUT2D eigenvalue weighted by Crippen LogP contribution is 2.58. The van der Waals surface area contributed by atoms with Crippen LogP contribution in [0, 0.1) is 29.1 Å². The maximum absolute atomic E-state index is 2.53. The lowest BCUT2D eigenvalue weighted by atomic mass is 9.59. The van der Waals surface area contributed by atoms with Crippen molar-refractivity contribution < 1.29 is 0 Å². The van der Waals surface area contributed by atoms with Gasteiger partial charge >= 0.3 is 0 Å². The van der Waals surface area contributed by atoms with E-state index in [0.717, 1.165) is 29.1 Å². The molecular weight excluding hydrogens is 228 g/mol. The predicted molar refractivity (Wildman–Crippen MR) is 89.5 cm³/mol. The Morgan fingerprint density at radius 2 is 1.26 bits per heavy atom. The normalized spacial score (nSPS) is 37.4. The summed E-state index contributed by atoms with van der Waals surface area (Å²) in [6, 6.07) is 0. The second-order valence-corrected chi connectivity index (χ2v) is 6.74. The van der Waals surface area contributed by atoms with Gasteiger partial charge in [0.1, 0.15) is 0 Å². The van der Waals surface area contributed by atoms with E-state index >= 15 is 0 Å². The van der Waals surface area contributed by atoms with Gasteiger partial charge in [0, 0.05) is 0 Å². The molecule has 2 unspecified atom stereocenters. The second kappa shape index (κ2) is 9.03. The molecule has 2 aliphatic carbocycles. The highest BCUT2D eigenvalue weighted by molar-refractivity contribution is 4.99. The first-order valence-corrected chi connectivity index (χ1v) is 9.06. The van der Waals surface area contributed by atoms with Crippen LogP contribution in [0.3, 0.4) is 0 Å². The van der Waals surface area contributed by atoms with Gasteiger partial charge in [0.25, 0.3) is 0 Å². The maximum atomic E-state index is 2.53. The average molecular weight is 269 g/mol. The highest BCUT2D eigenvalue weighted by atomic mass is 14.5. The fraction of sp³-hybridized carbons (Fsp3) is 1.00. The van der Waals surface area contributed by atoms with Crippen LogP contribution in [0.5, 0.6) is 0 Å². The van der Waals surface area contributed by atoms with Gasteiger partial charge in [-0.05, 0) is 54.8 Å². The first-order chi connectivity index (χ1) is 9.06. The maximum Gasteiger partial charge on any atom is -0.0241 e. The molecule has 2 fully saturated rings. The van der Waals surface area contributed by atoms with Crippen LogP contribution >= 0.6 is 0 Å². The fourth-order valence-electron chi connectivity index (χ4n) is 4.53. The van der Waals surface area contributed by atoms with E-state index in [1.165, 1.54) is 38.5 Å². The molecule has 2 saturated carbocycles. The number of hydrogen-bond acceptors (Lipinski definition) is 0. The predicted octanol–water partition coefficient (Wildman–Crippen LogP) is 6.94. The molecule has 0 heterocycles. The van der Waals surface area contributed by atoms with Crippen molar-refractivity contribution in [2.45, 2.75) is 93.9 Å². The molecule has 0 aromatic carbocycles. The lowest BCUT2D eigenvalue weighted by molar-refractivity contribution is 0.0404. The van der Waals surface area contributed by atoms with Crippen LogP contribution in [0.2, 0.25) is 0 Å². The Kier molecular flexibility index (Phi) is 9.03. The third-order valence-corrected chi connectivity index (χ3v) is 5.64. The Balaban J connectivity index is 0.000000741. The van der Waals surface area contributed by atoms with Gasteiger partial charge in [-0.3, -0.25) is 0 Å². The Hall–Kier alpha value is 0. The molecule has 0 aliphatic heterocycles. The van der Waals surface area contributed by atoms with E-state index in [1.54, 1.807) is 0 Å². The summed E-state index contributed by atoms with van der Waals surface area (Å²) in [5.74, 6) is 3.93. The molecule has 116 valence electrons. The Bertz CT molecular complexity index is 208. The van der Waals surface area contributed by atoms with Crippen LogP contribution in [-0.2, 0) is 0 Å². The summed E-state index contributed by atoms with van der Waals surface area (Å²) < 4.78 is 0. The van der Waals surface area contributed by atoms with Crippen LogP contribution in [0.25, 0.3) is 0 Å². The molecule has 0 nitrogen and oxygen atoms in total. The van der Waals surface area contributed by atoms with Gasteiger partial charge in [0.05, 0.1) is 0 Å². The van der Waals surface area contributed by atoms with E-state index < -0.39 is 0 Å². The molecule has 0 heteroatoms. The average Bonchev–Trinajstić information content (AvgIpc) is 2.75. The molecule has 19 heavy (non-hydrogen) atoms. The van der Waals surface area contributed by atoms with E-state index in [4.69, 9.17) is 0 Å². The summed E-state index contributed by atoms with van der Waals surface area (Å²) in [6.07, 6.45) is 9.04. The Morgan fingerprint density at radius 1 is 0.789 bits per heavy atom. The summed E-state index contributed by atoms with van der Waals surface area (Å²) in [7, 11) is 0. The summed E-state index contributed by atoms with van der Waals surface area (Å²) >= 11 is 0. The van der Waals surface area contributed by atoms with E-state index in [9.17, 15) is 0 Å². The van der Waals surface area contributed by atoms with Crippen molar-refractivity contribution in [3.05, 3.63) is 0 Å². The molecular formula is C19H40. The van der Waals surface area contributed by atoms with Crippen molar-refractivity contribution in [3.8, 4) is 0 Å². The van der Waals surface area contributed by atoms with Crippen LogP contribution in [0.4, 0.5) is 0 Å². The molecule has 0 N–H and O–H groups in total. The zero-order valence-corrected chi connectivity index (χ0v) is 15.1. The van der Waals surface area contributed by atoms with Gasteiger partial charge in [-0.25, -0.2) is 0 Å². The van der Waals surface area contributed by atoms with Crippen molar-refractivity contribution in [3.63, 3.8) is 0 Å². The molecule has 0 bridgehead atoms. The van der Waals surface area contributed by atoms with Crippen molar-refractivity contribution in [1.29, 1.82) is 0 Å². The monoisotopic (exact) mass is 268 g/mol. The second-order valence-electron chi connectivity index (χ2n) is 6.74. The zero-order chi connectivity index (χ0) is 15.1. The molecule has 0 radical (unpaired) electrons. The third-order valence-electron chi connectivity index (χ3n) is 5.64. The van der Waals surface area contributed by atoms with Gasteiger partial charge in [-0.15, -0.1) is 0 Å². The van der Waals surface area contributed by atoms with Crippen LogP contribution in [0.1, 0.15) is 93.9 Å². The molecule has 2 atom stereocenters. The molecule has 1 spiro atoms. The summed E-state index contributed by atoms with van der Waals surface area (Å²) in [4.78, 5) is 0. The Labute approximate surface area is 123 Å². The number of hydrogen-bond donors (Lipinski definition) is 0. The molecule has 2 aliphatic rings.